The number of hydrogen-bond donors (Lipinski definition) is 3. The molecular weight excluding hydrogens is 513 g/mol. The van der Waals surface area contributed by atoms with E-state index in [-0.39, 0.29) is 24.0 Å². The van der Waals surface area contributed by atoms with Gasteiger partial charge in [-0.05, 0) is 46.1 Å². The third-order valence-corrected chi connectivity index (χ3v) is 5.78. The number of piperidine rings is 1. The van der Waals surface area contributed by atoms with Crippen molar-refractivity contribution in [3.8, 4) is 0 Å². The van der Waals surface area contributed by atoms with Gasteiger partial charge in [-0.25, -0.2) is 13.1 Å². The van der Waals surface area contributed by atoms with Crippen molar-refractivity contribution in [1.82, 2.24) is 20.3 Å². The third-order valence-electron chi connectivity index (χ3n) is 4.86. The summed E-state index contributed by atoms with van der Waals surface area (Å²) in [6, 6.07) is 9.07. The minimum Gasteiger partial charge on any atom is -0.357 e. The maximum absolute atomic E-state index is 11.5. The molecule has 1 aliphatic heterocycles. The van der Waals surface area contributed by atoms with E-state index in [4.69, 9.17) is 0 Å². The molecule has 3 N–H and O–H groups in total. The second kappa shape index (κ2) is 12.2. The van der Waals surface area contributed by atoms with Crippen LogP contribution in [0.5, 0.6) is 0 Å². The molecule has 30 heavy (non-hydrogen) atoms. The summed E-state index contributed by atoms with van der Waals surface area (Å²) in [7, 11) is -3.27. The second-order valence-electron chi connectivity index (χ2n) is 8.64. The molecule has 0 radical (unpaired) electrons. The van der Waals surface area contributed by atoms with E-state index in [1.807, 2.05) is 20.8 Å². The van der Waals surface area contributed by atoms with Gasteiger partial charge in [0.1, 0.15) is 0 Å². The highest BCUT2D eigenvalue weighted by Gasteiger charge is 2.23. The lowest BCUT2D eigenvalue weighted by Gasteiger charge is -2.33. The highest BCUT2D eigenvalue weighted by atomic mass is 127. The Morgan fingerprint density at radius 2 is 1.93 bits per heavy atom. The van der Waals surface area contributed by atoms with E-state index < -0.39 is 15.6 Å². The normalized spacial score (nSPS) is 16.8. The number of guanidine groups is 1. The molecule has 7 nitrogen and oxygen atoms in total. The summed E-state index contributed by atoms with van der Waals surface area (Å²) in [6.07, 6.45) is 3.29. The predicted molar refractivity (Wildman–Crippen MR) is 136 cm³/mol. The van der Waals surface area contributed by atoms with Crippen LogP contribution in [0.15, 0.2) is 29.3 Å². The number of likely N-dealkylation sites (tertiary alicyclic amines) is 1. The molecule has 0 atom stereocenters. The van der Waals surface area contributed by atoms with Crippen LogP contribution in [0.1, 0.15) is 44.7 Å². The van der Waals surface area contributed by atoms with Gasteiger partial charge in [0.2, 0.25) is 10.0 Å². The number of aryl methyl sites for hydroxylation is 1. The zero-order valence-electron chi connectivity index (χ0n) is 18.9. The van der Waals surface area contributed by atoms with Gasteiger partial charge in [-0.2, -0.15) is 0 Å². The van der Waals surface area contributed by atoms with Gasteiger partial charge in [0.15, 0.2) is 5.96 Å². The van der Waals surface area contributed by atoms with Crippen molar-refractivity contribution < 1.29 is 8.42 Å². The van der Waals surface area contributed by atoms with Crippen molar-refractivity contribution in [2.75, 3.05) is 32.4 Å². The van der Waals surface area contributed by atoms with Gasteiger partial charge in [0.05, 0.1) is 12.8 Å². The first-order valence-corrected chi connectivity index (χ1v) is 12.3. The van der Waals surface area contributed by atoms with E-state index in [1.54, 1.807) is 0 Å². The number of nitrogens with one attached hydrogen (secondary N) is 3. The monoisotopic (exact) mass is 551 g/mol. The molecule has 1 aromatic rings. The summed E-state index contributed by atoms with van der Waals surface area (Å²) >= 11 is 0. The van der Waals surface area contributed by atoms with Crippen LogP contribution in [0.2, 0.25) is 0 Å². The quantitative estimate of drug-likeness (QED) is 0.263. The van der Waals surface area contributed by atoms with E-state index in [9.17, 15) is 8.42 Å². The molecule has 9 heteroatoms. The highest BCUT2D eigenvalue weighted by molar-refractivity contribution is 14.0. The van der Waals surface area contributed by atoms with Gasteiger partial charge >= 0.3 is 0 Å². The average molecular weight is 552 g/mol. The average Bonchev–Trinajstić information content (AvgIpc) is 2.60. The van der Waals surface area contributed by atoms with E-state index >= 15 is 0 Å². The standard InChI is InChI=1S/C21H37N5O2S.HI/c1-6-22-20(23-16-21(3,4)25-29(5,27)28)24-19-10-12-26(13-11-19)15-18-9-7-8-17(2)14-18;/h7-9,14,19,25H,6,10-13,15-16H2,1-5H3,(H2,22,23,24);1H. The molecule has 0 unspecified atom stereocenters. The highest BCUT2D eigenvalue weighted by Crippen LogP contribution is 2.15. The fraction of sp³-hybridized carbons (Fsp3) is 0.667. The minimum absolute atomic E-state index is 0. The van der Waals surface area contributed by atoms with E-state index in [2.05, 4.69) is 56.4 Å². The van der Waals surface area contributed by atoms with Crippen molar-refractivity contribution in [2.24, 2.45) is 4.99 Å². The van der Waals surface area contributed by atoms with Gasteiger partial charge in [-0.3, -0.25) is 9.89 Å². The predicted octanol–water partition coefficient (Wildman–Crippen LogP) is 2.46. The topological polar surface area (TPSA) is 85.8 Å². The third kappa shape index (κ3) is 10.4. The summed E-state index contributed by atoms with van der Waals surface area (Å²) in [5.74, 6) is 0.744. The van der Waals surface area contributed by atoms with Gasteiger partial charge in [0.25, 0.3) is 0 Å². The van der Waals surface area contributed by atoms with Gasteiger partial charge < -0.3 is 10.6 Å². The Morgan fingerprint density at radius 1 is 1.27 bits per heavy atom. The fourth-order valence-electron chi connectivity index (χ4n) is 3.63. The molecule has 0 bridgehead atoms. The molecule has 1 saturated heterocycles. The summed E-state index contributed by atoms with van der Waals surface area (Å²) < 4.78 is 25.7. The molecule has 1 heterocycles. The molecule has 0 spiro atoms. The lowest BCUT2D eigenvalue weighted by Crippen LogP contribution is -2.50. The molecule has 2 rings (SSSR count). The first kappa shape index (κ1) is 27.1. The van der Waals surface area contributed by atoms with Crippen LogP contribution in [0, 0.1) is 6.92 Å². The zero-order valence-corrected chi connectivity index (χ0v) is 22.0. The maximum atomic E-state index is 11.5. The van der Waals surface area contributed by atoms with Crippen molar-refractivity contribution in [1.29, 1.82) is 0 Å². The Balaban J connectivity index is 0.00000450. The molecule has 0 aliphatic carbocycles. The molecule has 1 aromatic carbocycles. The molecule has 0 aromatic heterocycles. The van der Waals surface area contributed by atoms with Crippen LogP contribution in [0.4, 0.5) is 0 Å². The van der Waals surface area contributed by atoms with Crippen LogP contribution < -0.4 is 15.4 Å². The van der Waals surface area contributed by atoms with Crippen molar-refractivity contribution >= 4 is 40.0 Å². The molecular formula is C21H38IN5O2S. The van der Waals surface area contributed by atoms with Crippen LogP contribution in [-0.4, -0.2) is 63.3 Å². The number of benzene rings is 1. The molecule has 0 saturated carbocycles. The number of hydrogen-bond acceptors (Lipinski definition) is 4. The number of halogens is 1. The van der Waals surface area contributed by atoms with Crippen LogP contribution in [0.25, 0.3) is 0 Å². The fourth-order valence-corrected chi connectivity index (χ4v) is 4.70. The first-order chi connectivity index (χ1) is 13.6. The van der Waals surface area contributed by atoms with E-state index in [0.717, 1.165) is 45.0 Å². The molecule has 0 amide bonds. The van der Waals surface area contributed by atoms with Crippen molar-refractivity contribution in [2.45, 2.75) is 58.7 Å². The second-order valence-corrected chi connectivity index (χ2v) is 10.4. The molecule has 1 aliphatic rings. The van der Waals surface area contributed by atoms with Gasteiger partial charge in [0, 0.05) is 37.8 Å². The molecule has 1 fully saturated rings. The van der Waals surface area contributed by atoms with E-state index in [0.29, 0.717) is 12.6 Å². The molecule has 172 valence electrons. The van der Waals surface area contributed by atoms with Gasteiger partial charge in [-0.1, -0.05) is 29.8 Å². The number of aliphatic imine (C=N–C) groups is 1. The Morgan fingerprint density at radius 3 is 2.50 bits per heavy atom. The summed E-state index contributed by atoms with van der Waals surface area (Å²) in [5, 5.41) is 6.79. The Bertz CT molecular complexity index is 790. The lowest BCUT2D eigenvalue weighted by molar-refractivity contribution is 0.198. The zero-order chi connectivity index (χ0) is 21.5. The number of sulfonamides is 1. The summed E-state index contributed by atoms with van der Waals surface area (Å²) in [4.78, 5) is 7.11. The first-order valence-electron chi connectivity index (χ1n) is 10.4. The number of nitrogens with zero attached hydrogens (tertiary/aromatic N) is 2. The summed E-state index contributed by atoms with van der Waals surface area (Å²) in [5.41, 5.74) is 2.04. The Hall–Kier alpha value is -0.910. The van der Waals surface area contributed by atoms with Gasteiger partial charge in [-0.15, -0.1) is 24.0 Å². The lowest BCUT2D eigenvalue weighted by atomic mass is 10.0. The van der Waals surface area contributed by atoms with Crippen LogP contribution in [-0.2, 0) is 16.6 Å². The van der Waals surface area contributed by atoms with Crippen molar-refractivity contribution in [3.63, 3.8) is 0 Å². The summed E-state index contributed by atoms with van der Waals surface area (Å²) in [6.45, 7) is 12.1. The smallest absolute Gasteiger partial charge is 0.209 e. The Labute approximate surface area is 199 Å². The van der Waals surface area contributed by atoms with Crippen LogP contribution in [0.3, 0.4) is 0 Å². The largest absolute Gasteiger partial charge is 0.357 e. The van der Waals surface area contributed by atoms with E-state index in [1.165, 1.54) is 17.4 Å². The SMILES string of the molecule is CCNC(=NCC(C)(C)NS(C)(=O)=O)NC1CCN(Cc2cccc(C)c2)CC1.I. The van der Waals surface area contributed by atoms with Crippen LogP contribution >= 0.6 is 24.0 Å². The van der Waals surface area contributed by atoms with Crippen molar-refractivity contribution in [3.05, 3.63) is 35.4 Å². The maximum Gasteiger partial charge on any atom is 0.209 e. The minimum atomic E-state index is -3.27. The Kier molecular flexibility index (Phi) is 11.0. The number of rotatable bonds is 8.